The minimum absolute atomic E-state index is 0.269. The molecule has 0 unspecified atom stereocenters. The summed E-state index contributed by atoms with van der Waals surface area (Å²) in [6.07, 6.45) is -2.38. The van der Waals surface area contributed by atoms with E-state index in [0.29, 0.717) is 30.8 Å². The molecule has 3 N–H and O–H groups in total. The van der Waals surface area contributed by atoms with Crippen molar-refractivity contribution in [3.05, 3.63) is 83.2 Å². The normalized spacial score (nSPS) is 21.3. The zero-order valence-electron chi connectivity index (χ0n) is 24.0. The second-order valence-electron chi connectivity index (χ2n) is 11.2. The van der Waals surface area contributed by atoms with Crippen molar-refractivity contribution in [1.29, 1.82) is 0 Å². The maximum absolute atomic E-state index is 13.4. The van der Waals surface area contributed by atoms with Crippen molar-refractivity contribution in [1.82, 2.24) is 21.3 Å². The third-order valence-electron chi connectivity index (χ3n) is 7.76. The summed E-state index contributed by atoms with van der Waals surface area (Å²) in [5.74, 6) is -3.49. The maximum atomic E-state index is 13.4. The number of rotatable bonds is 7. The Balaban J connectivity index is 1.26. The Morgan fingerprint density at radius 2 is 1.73 bits per heavy atom. The summed E-state index contributed by atoms with van der Waals surface area (Å²) in [4.78, 5) is 51.2. The van der Waals surface area contributed by atoms with Crippen LogP contribution in [-0.2, 0) is 25.9 Å². The van der Waals surface area contributed by atoms with Crippen LogP contribution in [0.15, 0.2) is 66.4 Å². The van der Waals surface area contributed by atoms with Crippen LogP contribution in [0.3, 0.4) is 0 Å². The monoisotopic (exact) mass is 612 g/mol. The minimum Gasteiger partial charge on any atom is -0.489 e. The number of carbonyl (C=O) groups is 3. The zero-order valence-corrected chi connectivity index (χ0v) is 24.0. The molecule has 232 valence electrons. The first-order valence-corrected chi connectivity index (χ1v) is 14.0. The molecule has 2 aromatic carbocycles. The molecule has 2 heterocycles. The topological polar surface area (TPSA) is 128 Å². The molecule has 1 fully saturated rings. The molecule has 1 spiro atoms. The van der Waals surface area contributed by atoms with Gasteiger partial charge in [-0.2, -0.15) is 18.7 Å². The van der Waals surface area contributed by atoms with Crippen LogP contribution < -0.4 is 21.0 Å². The van der Waals surface area contributed by atoms with E-state index in [0.717, 1.165) is 27.9 Å². The summed E-state index contributed by atoms with van der Waals surface area (Å²) in [5.41, 5.74) is 6.43. The fraction of sp³-hybridized carbons (Fsp3) is 0.355. The number of nitrogens with one attached hydrogen (secondary N) is 3. The average Bonchev–Trinajstić information content (AvgIpc) is 3.35. The molecule has 0 radical (unpaired) electrons. The van der Waals surface area contributed by atoms with Gasteiger partial charge in [0.2, 0.25) is 0 Å². The number of aromatic nitrogens is 1. The van der Waals surface area contributed by atoms with Crippen LogP contribution in [0.5, 0.6) is 5.75 Å². The van der Waals surface area contributed by atoms with Crippen LogP contribution in [0.1, 0.15) is 60.6 Å². The highest BCUT2D eigenvalue weighted by Crippen LogP contribution is 2.42. The molecule has 13 heteroatoms. The number of hydrogen-bond acceptors (Lipinski definition) is 8. The summed E-state index contributed by atoms with van der Waals surface area (Å²) in [5, 5.41) is 3.89. The van der Waals surface area contributed by atoms with Crippen LogP contribution in [-0.4, -0.2) is 40.1 Å². The number of pyridine rings is 1. The van der Waals surface area contributed by atoms with E-state index in [1.54, 1.807) is 29.7 Å². The Morgan fingerprint density at radius 1 is 1.02 bits per heavy atom. The molecule has 1 aliphatic carbocycles. The molecule has 10 nitrogen and oxygen atoms in total. The lowest BCUT2D eigenvalue weighted by molar-refractivity contribution is -0.207. The van der Waals surface area contributed by atoms with Gasteiger partial charge in [0, 0.05) is 33.4 Å². The van der Waals surface area contributed by atoms with Crippen LogP contribution in [0.2, 0.25) is 0 Å². The third-order valence-corrected chi connectivity index (χ3v) is 7.76. The van der Waals surface area contributed by atoms with Crippen molar-refractivity contribution in [2.45, 2.75) is 69.9 Å². The van der Waals surface area contributed by atoms with Gasteiger partial charge < -0.3 is 14.9 Å². The van der Waals surface area contributed by atoms with Crippen LogP contribution in [0.25, 0.3) is 10.9 Å². The van der Waals surface area contributed by atoms with E-state index in [1.165, 1.54) is 0 Å². The van der Waals surface area contributed by atoms with Crippen molar-refractivity contribution in [2.75, 3.05) is 0 Å². The molecular weight excluding hydrogens is 581 g/mol. The van der Waals surface area contributed by atoms with Crippen molar-refractivity contribution in [3.63, 3.8) is 0 Å². The summed E-state index contributed by atoms with van der Waals surface area (Å²) in [6.45, 7) is 4.05. The number of nitrogens with zero attached hydrogens (tertiary/aromatic N) is 1. The van der Waals surface area contributed by atoms with E-state index in [2.05, 4.69) is 20.6 Å². The Hall–Kier alpha value is -4.65. The van der Waals surface area contributed by atoms with Gasteiger partial charge >= 0.3 is 12.1 Å². The molecule has 1 saturated carbocycles. The Labute approximate surface area is 250 Å². The van der Waals surface area contributed by atoms with Gasteiger partial charge in [0.05, 0.1) is 11.9 Å². The number of benzene rings is 2. The lowest BCUT2D eigenvalue weighted by Crippen LogP contribution is -2.56. The highest BCUT2D eigenvalue weighted by atomic mass is 19.4. The highest BCUT2D eigenvalue weighted by Gasteiger charge is 2.47. The highest BCUT2D eigenvalue weighted by molar-refractivity contribution is 5.95. The molecule has 0 saturated heterocycles. The number of para-hydroxylation sites is 1. The van der Waals surface area contributed by atoms with Crippen LogP contribution >= 0.6 is 0 Å². The molecule has 1 aliphatic heterocycles. The van der Waals surface area contributed by atoms with Gasteiger partial charge in [-0.05, 0) is 82.0 Å². The number of amides is 2. The van der Waals surface area contributed by atoms with Crippen molar-refractivity contribution < 1.29 is 42.0 Å². The summed E-state index contributed by atoms with van der Waals surface area (Å²) in [7, 11) is 0. The molecule has 3 aromatic rings. The van der Waals surface area contributed by atoms with E-state index in [9.17, 15) is 27.6 Å². The number of ether oxygens (including phenoxy) is 1. The van der Waals surface area contributed by atoms with E-state index < -0.39 is 41.5 Å². The standard InChI is InChI=1S/C31H31F3N4O6/c1-19-15-22(24-5-3-4-6-25(24)35-19)18-42-23-9-7-21(8-10-23)27(40)36-29(17-26(39)38-43-28(41)31(32,33)34)11-13-30(14-12-29)16-20(2)37-44-30/h3-10,15-16,37H,11-14,17-18H2,1-2H3,(H,36,40)(H,38,39). The zero-order chi connectivity index (χ0) is 31.5. The quantitative estimate of drug-likeness (QED) is 0.323. The van der Waals surface area contributed by atoms with Gasteiger partial charge in [-0.1, -0.05) is 18.2 Å². The van der Waals surface area contributed by atoms with Gasteiger partial charge in [-0.3, -0.25) is 24.9 Å². The maximum Gasteiger partial charge on any atom is 0.493 e. The molecule has 5 rings (SSSR count). The van der Waals surface area contributed by atoms with Gasteiger partial charge in [0.1, 0.15) is 18.0 Å². The summed E-state index contributed by atoms with van der Waals surface area (Å²) >= 11 is 0. The van der Waals surface area contributed by atoms with Crippen molar-refractivity contribution in [3.8, 4) is 5.75 Å². The Kier molecular flexibility index (Phi) is 8.51. The first-order chi connectivity index (χ1) is 20.9. The number of carbonyl (C=O) groups excluding carboxylic acids is 3. The predicted octanol–water partition coefficient (Wildman–Crippen LogP) is 4.87. The largest absolute Gasteiger partial charge is 0.493 e. The van der Waals surface area contributed by atoms with Gasteiger partial charge in [0.25, 0.3) is 11.8 Å². The second-order valence-corrected chi connectivity index (χ2v) is 11.2. The van der Waals surface area contributed by atoms with E-state index in [-0.39, 0.29) is 12.8 Å². The predicted molar refractivity (Wildman–Crippen MR) is 152 cm³/mol. The third kappa shape index (κ3) is 7.10. The van der Waals surface area contributed by atoms with Crippen molar-refractivity contribution in [2.24, 2.45) is 0 Å². The SMILES string of the molecule is CC1=CC2(CCC(CC(=O)NOC(=O)C(F)(F)F)(NC(=O)c3ccc(OCc4cc(C)nc5ccccc45)cc3)CC2)ON1. The molecule has 1 aromatic heterocycles. The molecule has 44 heavy (non-hydrogen) atoms. The van der Waals surface area contributed by atoms with Crippen LogP contribution in [0, 0.1) is 6.92 Å². The Bertz CT molecular complexity index is 1600. The van der Waals surface area contributed by atoms with Gasteiger partial charge in [-0.15, -0.1) is 0 Å². The van der Waals surface area contributed by atoms with Crippen molar-refractivity contribution >= 4 is 28.7 Å². The average molecular weight is 613 g/mol. The first-order valence-electron chi connectivity index (χ1n) is 14.0. The number of hydrogen-bond donors (Lipinski definition) is 3. The molecule has 0 atom stereocenters. The number of allylic oxidation sites excluding steroid dienone is 1. The smallest absolute Gasteiger partial charge is 0.489 e. The number of hydroxylamine groups is 2. The molecule has 2 amide bonds. The molecule has 2 aliphatic rings. The van der Waals surface area contributed by atoms with E-state index in [4.69, 9.17) is 9.57 Å². The number of fused-ring (bicyclic) bond motifs is 1. The molecule has 0 bridgehead atoms. The fourth-order valence-corrected chi connectivity index (χ4v) is 5.58. The lowest BCUT2D eigenvalue weighted by Gasteiger charge is -2.43. The molecular formula is C31H31F3N4O6. The lowest BCUT2D eigenvalue weighted by atomic mass is 9.72. The minimum atomic E-state index is -5.27. The fourth-order valence-electron chi connectivity index (χ4n) is 5.58. The summed E-state index contributed by atoms with van der Waals surface area (Å²) < 4.78 is 43.5. The number of aryl methyl sites for hydroxylation is 1. The van der Waals surface area contributed by atoms with E-state index >= 15 is 0 Å². The number of halogens is 3. The summed E-state index contributed by atoms with van der Waals surface area (Å²) in [6, 6.07) is 16.2. The number of alkyl halides is 3. The van der Waals surface area contributed by atoms with Gasteiger partial charge in [0.15, 0.2) is 0 Å². The van der Waals surface area contributed by atoms with Gasteiger partial charge in [-0.25, -0.2) is 4.79 Å². The second kappa shape index (κ2) is 12.2. The van der Waals surface area contributed by atoms with Crippen LogP contribution in [0.4, 0.5) is 13.2 Å². The van der Waals surface area contributed by atoms with E-state index in [1.807, 2.05) is 50.3 Å². The first kappa shape index (κ1) is 30.8. The Morgan fingerprint density at radius 3 is 2.39 bits per heavy atom.